The Hall–Kier alpha value is -1.06. The first-order valence-corrected chi connectivity index (χ1v) is 7.11. The van der Waals surface area contributed by atoms with Gasteiger partial charge in [0.1, 0.15) is 5.75 Å². The van der Waals surface area contributed by atoms with Crippen molar-refractivity contribution in [2.45, 2.75) is 51.2 Å². The molecule has 1 aliphatic heterocycles. The Morgan fingerprint density at radius 3 is 2.53 bits per heavy atom. The van der Waals surface area contributed by atoms with E-state index in [4.69, 9.17) is 9.47 Å². The van der Waals surface area contributed by atoms with Crippen molar-refractivity contribution in [1.29, 1.82) is 0 Å². The van der Waals surface area contributed by atoms with Crippen LogP contribution in [0.3, 0.4) is 0 Å². The molecule has 0 radical (unpaired) electrons. The van der Waals surface area contributed by atoms with Gasteiger partial charge in [0.05, 0.1) is 24.4 Å². The molecule has 1 aliphatic rings. The zero-order valence-corrected chi connectivity index (χ0v) is 12.1. The summed E-state index contributed by atoms with van der Waals surface area (Å²) in [6.07, 6.45) is 2.20. The van der Waals surface area contributed by atoms with Crippen LogP contribution in [-0.4, -0.2) is 23.9 Å². The summed E-state index contributed by atoms with van der Waals surface area (Å²) in [7, 11) is 0. The number of ether oxygens (including phenoxy) is 2. The lowest BCUT2D eigenvalue weighted by Gasteiger charge is -2.43. The Morgan fingerprint density at radius 2 is 1.95 bits per heavy atom. The van der Waals surface area contributed by atoms with E-state index in [9.17, 15) is 5.11 Å². The molecule has 1 heterocycles. The Kier molecular flexibility index (Phi) is 4.16. The van der Waals surface area contributed by atoms with Crippen LogP contribution in [0.5, 0.6) is 5.75 Å². The Morgan fingerprint density at radius 1 is 1.26 bits per heavy atom. The maximum absolute atomic E-state index is 10.9. The number of aliphatic hydroxyl groups is 1. The predicted octanol–water partition coefficient (Wildman–Crippen LogP) is 3.25. The van der Waals surface area contributed by atoms with E-state index in [-0.39, 0.29) is 5.60 Å². The van der Waals surface area contributed by atoms with Gasteiger partial charge in [-0.1, -0.05) is 19.1 Å². The van der Waals surface area contributed by atoms with Gasteiger partial charge in [0.15, 0.2) is 0 Å². The largest absolute Gasteiger partial charge is 0.494 e. The highest BCUT2D eigenvalue weighted by atomic mass is 16.5. The van der Waals surface area contributed by atoms with Crippen molar-refractivity contribution in [2.75, 3.05) is 13.2 Å². The molecule has 3 nitrogen and oxygen atoms in total. The summed E-state index contributed by atoms with van der Waals surface area (Å²) >= 11 is 0. The van der Waals surface area contributed by atoms with Crippen molar-refractivity contribution < 1.29 is 14.6 Å². The minimum atomic E-state index is -0.784. The van der Waals surface area contributed by atoms with E-state index in [0.29, 0.717) is 26.1 Å². The quantitative estimate of drug-likeness (QED) is 0.907. The highest BCUT2D eigenvalue weighted by Gasteiger charge is 2.42. The normalized spacial score (nSPS) is 31.2. The molecule has 0 aromatic heterocycles. The molecule has 19 heavy (non-hydrogen) atoms. The molecule has 0 amide bonds. The van der Waals surface area contributed by atoms with Crippen molar-refractivity contribution in [3.8, 4) is 5.75 Å². The van der Waals surface area contributed by atoms with Gasteiger partial charge in [0.25, 0.3) is 0 Å². The highest BCUT2D eigenvalue weighted by molar-refractivity contribution is 5.31. The lowest BCUT2D eigenvalue weighted by Crippen LogP contribution is -2.45. The molecular formula is C16H24O3. The van der Waals surface area contributed by atoms with Gasteiger partial charge in [-0.15, -0.1) is 0 Å². The van der Waals surface area contributed by atoms with Crippen LogP contribution in [0.15, 0.2) is 24.3 Å². The molecule has 0 aliphatic carbocycles. The van der Waals surface area contributed by atoms with Crippen LogP contribution >= 0.6 is 0 Å². The van der Waals surface area contributed by atoms with Gasteiger partial charge in [0, 0.05) is 12.8 Å². The van der Waals surface area contributed by atoms with Gasteiger partial charge in [-0.2, -0.15) is 0 Å². The molecule has 1 N–H and O–H groups in total. The van der Waals surface area contributed by atoms with Gasteiger partial charge in [-0.25, -0.2) is 0 Å². The Balaban J connectivity index is 2.19. The van der Waals surface area contributed by atoms with Crippen LogP contribution in [0.25, 0.3) is 0 Å². The predicted molar refractivity (Wildman–Crippen MR) is 75.4 cm³/mol. The lowest BCUT2D eigenvalue weighted by atomic mass is 9.77. The fraction of sp³-hybridized carbons (Fsp3) is 0.625. The number of rotatable bonds is 4. The smallest absolute Gasteiger partial charge is 0.119 e. The molecule has 0 spiro atoms. The fourth-order valence-electron chi connectivity index (χ4n) is 2.73. The van der Waals surface area contributed by atoms with Gasteiger partial charge in [-0.3, -0.25) is 0 Å². The van der Waals surface area contributed by atoms with Gasteiger partial charge >= 0.3 is 0 Å². The zero-order chi connectivity index (χ0) is 13.9. The maximum atomic E-state index is 10.9. The van der Waals surface area contributed by atoms with E-state index in [0.717, 1.165) is 17.7 Å². The van der Waals surface area contributed by atoms with E-state index in [2.05, 4.69) is 13.8 Å². The first kappa shape index (κ1) is 14.4. The summed E-state index contributed by atoms with van der Waals surface area (Å²) in [5.41, 5.74) is -0.0572. The van der Waals surface area contributed by atoms with Gasteiger partial charge < -0.3 is 14.6 Å². The minimum Gasteiger partial charge on any atom is -0.494 e. The van der Waals surface area contributed by atoms with Gasteiger partial charge in [0.2, 0.25) is 0 Å². The third-order valence-electron chi connectivity index (χ3n) is 4.08. The second kappa shape index (κ2) is 5.51. The van der Waals surface area contributed by atoms with E-state index >= 15 is 0 Å². The Labute approximate surface area is 115 Å². The first-order valence-electron chi connectivity index (χ1n) is 7.11. The molecule has 2 atom stereocenters. The molecule has 1 fully saturated rings. The zero-order valence-electron chi connectivity index (χ0n) is 12.1. The van der Waals surface area contributed by atoms with Crippen LogP contribution in [0.4, 0.5) is 0 Å². The number of benzene rings is 1. The average Bonchev–Trinajstić information content (AvgIpc) is 2.40. The van der Waals surface area contributed by atoms with Crippen molar-refractivity contribution in [3.05, 3.63) is 29.8 Å². The van der Waals surface area contributed by atoms with Crippen LogP contribution in [0.1, 0.15) is 45.6 Å². The molecule has 3 heteroatoms. The summed E-state index contributed by atoms with van der Waals surface area (Å²) < 4.78 is 11.2. The molecular weight excluding hydrogens is 240 g/mol. The minimum absolute atomic E-state index is 0.231. The number of hydrogen-bond donors (Lipinski definition) is 1. The molecule has 1 aromatic rings. The second-order valence-electron chi connectivity index (χ2n) is 5.57. The molecule has 0 saturated carbocycles. The topological polar surface area (TPSA) is 38.7 Å². The summed E-state index contributed by atoms with van der Waals surface area (Å²) in [5, 5.41) is 10.9. The summed E-state index contributed by atoms with van der Waals surface area (Å²) in [6, 6.07) is 7.78. The average molecular weight is 264 g/mol. The summed E-state index contributed by atoms with van der Waals surface area (Å²) in [5.74, 6) is 0.847. The van der Waals surface area contributed by atoms with Gasteiger partial charge in [-0.05, 0) is 38.0 Å². The van der Waals surface area contributed by atoms with Crippen LogP contribution in [0, 0.1) is 0 Å². The van der Waals surface area contributed by atoms with Crippen molar-refractivity contribution in [2.24, 2.45) is 0 Å². The van der Waals surface area contributed by atoms with E-state index < -0.39 is 5.60 Å². The third kappa shape index (κ3) is 3.10. The standard InChI is InChI=1S/C16H24O3/c1-4-15(3)12-16(17,10-11-19-15)13-6-8-14(9-7-13)18-5-2/h6-9,17H,4-5,10-12H2,1-3H3. The Bertz CT molecular complexity index is 415. The maximum Gasteiger partial charge on any atom is 0.119 e. The van der Waals surface area contributed by atoms with Crippen LogP contribution < -0.4 is 4.74 Å². The second-order valence-corrected chi connectivity index (χ2v) is 5.57. The summed E-state index contributed by atoms with van der Waals surface area (Å²) in [4.78, 5) is 0. The van der Waals surface area contributed by atoms with E-state index in [1.165, 1.54) is 0 Å². The fourth-order valence-corrected chi connectivity index (χ4v) is 2.73. The molecule has 2 rings (SSSR count). The first-order chi connectivity index (χ1) is 9.01. The highest BCUT2D eigenvalue weighted by Crippen LogP contribution is 2.41. The van der Waals surface area contributed by atoms with Crippen LogP contribution in [0.2, 0.25) is 0 Å². The lowest BCUT2D eigenvalue weighted by molar-refractivity contribution is -0.157. The molecule has 2 unspecified atom stereocenters. The number of hydrogen-bond acceptors (Lipinski definition) is 3. The molecule has 106 valence electrons. The SMILES string of the molecule is CCOc1ccc(C2(O)CCOC(C)(CC)C2)cc1. The van der Waals surface area contributed by atoms with Crippen molar-refractivity contribution in [1.82, 2.24) is 0 Å². The van der Waals surface area contributed by atoms with E-state index in [1.54, 1.807) is 0 Å². The summed E-state index contributed by atoms with van der Waals surface area (Å²) in [6.45, 7) is 7.40. The molecule has 0 bridgehead atoms. The molecule has 1 aromatic carbocycles. The monoisotopic (exact) mass is 264 g/mol. The van der Waals surface area contributed by atoms with Crippen molar-refractivity contribution in [3.63, 3.8) is 0 Å². The van der Waals surface area contributed by atoms with Crippen LogP contribution in [-0.2, 0) is 10.3 Å². The molecule has 1 saturated heterocycles. The van der Waals surface area contributed by atoms with Crippen molar-refractivity contribution >= 4 is 0 Å². The third-order valence-corrected chi connectivity index (χ3v) is 4.08. The van der Waals surface area contributed by atoms with E-state index in [1.807, 2.05) is 31.2 Å².